The molecule has 0 saturated carbocycles. The minimum absolute atomic E-state index is 0. The van der Waals surface area contributed by atoms with Crippen molar-refractivity contribution in [1.82, 2.24) is 4.98 Å². The lowest BCUT2D eigenvalue weighted by atomic mass is 10.2. The fourth-order valence-corrected chi connectivity index (χ4v) is 1.19. The molecule has 0 aromatic carbocycles. The molecule has 0 amide bonds. The van der Waals surface area contributed by atoms with Crippen molar-refractivity contribution in [2.24, 2.45) is 0 Å². The van der Waals surface area contributed by atoms with Gasteiger partial charge in [-0.15, -0.1) is 17.0 Å². The molecule has 1 heterocycles. The van der Waals surface area contributed by atoms with Crippen LogP contribution in [0.25, 0.3) is 0 Å². The van der Waals surface area contributed by atoms with Crippen molar-refractivity contribution in [3.05, 3.63) is 16.2 Å². The van der Waals surface area contributed by atoms with Gasteiger partial charge in [-0.1, -0.05) is 0 Å². The maximum Gasteiger partial charge on any atom is 0.128 e. The van der Waals surface area contributed by atoms with E-state index in [0.29, 0.717) is 21.7 Å². The molecule has 64 valence electrons. The molecule has 12 heavy (non-hydrogen) atoms. The highest BCUT2D eigenvalue weighted by Gasteiger charge is 2.05. The first kappa shape index (κ1) is 11.2. The number of hydrogen-bond donors (Lipinski definition) is 2. The fraction of sp³-hybridized carbons (Fsp3) is 0. The third kappa shape index (κ3) is 2.09. The number of aromatic nitrogens is 1. The lowest BCUT2D eigenvalue weighted by Gasteiger charge is -1.99. The van der Waals surface area contributed by atoms with Crippen LogP contribution in [-0.2, 0) is 0 Å². The van der Waals surface area contributed by atoms with Gasteiger partial charge in [0.1, 0.15) is 22.1 Å². The predicted molar refractivity (Wildman–Crippen MR) is 55.8 cm³/mol. The van der Waals surface area contributed by atoms with Gasteiger partial charge in [0.15, 0.2) is 0 Å². The number of nitrogens with zero attached hydrogens (tertiary/aromatic N) is 2. The topological polar surface area (TPSA) is 88.7 Å². The predicted octanol–water partition coefficient (Wildman–Crippen LogP) is 1.46. The highest BCUT2D eigenvalue weighted by atomic mass is 79.9. The summed E-state index contributed by atoms with van der Waals surface area (Å²) in [5.41, 5.74) is 11.5. The first-order valence-electron chi connectivity index (χ1n) is 2.76. The van der Waals surface area contributed by atoms with Gasteiger partial charge in [-0.05, 0) is 15.9 Å². The number of nitrogen functional groups attached to an aromatic ring is 2. The van der Waals surface area contributed by atoms with Gasteiger partial charge >= 0.3 is 0 Å². The summed E-state index contributed by atoms with van der Waals surface area (Å²) in [5.74, 6) is 0.299. The zero-order chi connectivity index (χ0) is 8.43. The second kappa shape index (κ2) is 4.28. The second-order valence-electron chi connectivity index (χ2n) is 1.91. The highest BCUT2D eigenvalue weighted by Crippen LogP contribution is 2.21. The van der Waals surface area contributed by atoms with Crippen LogP contribution in [0.1, 0.15) is 5.56 Å². The first-order valence-corrected chi connectivity index (χ1v) is 3.56. The van der Waals surface area contributed by atoms with E-state index in [2.05, 4.69) is 20.9 Å². The van der Waals surface area contributed by atoms with Crippen molar-refractivity contribution in [1.29, 1.82) is 5.26 Å². The van der Waals surface area contributed by atoms with Gasteiger partial charge in [-0.2, -0.15) is 5.26 Å². The smallest absolute Gasteiger partial charge is 0.128 e. The van der Waals surface area contributed by atoms with Gasteiger partial charge in [0, 0.05) is 6.07 Å². The number of nitriles is 1. The van der Waals surface area contributed by atoms with Gasteiger partial charge in [0.25, 0.3) is 0 Å². The van der Waals surface area contributed by atoms with Gasteiger partial charge in [-0.25, -0.2) is 4.98 Å². The van der Waals surface area contributed by atoms with E-state index in [1.807, 2.05) is 6.07 Å². The molecule has 0 aliphatic rings. The van der Waals surface area contributed by atoms with Crippen molar-refractivity contribution >= 4 is 44.4 Å². The molecule has 1 aromatic rings. The molecule has 1 aromatic heterocycles. The summed E-state index contributed by atoms with van der Waals surface area (Å²) in [6, 6.07) is 3.35. The molecule has 4 N–H and O–H groups in total. The van der Waals surface area contributed by atoms with E-state index in [1.54, 1.807) is 0 Å². The zero-order valence-corrected chi connectivity index (χ0v) is 9.21. The van der Waals surface area contributed by atoms with Crippen LogP contribution in [0.5, 0.6) is 0 Å². The summed E-state index contributed by atoms with van der Waals surface area (Å²) in [7, 11) is 0. The van der Waals surface area contributed by atoms with Crippen molar-refractivity contribution < 1.29 is 0 Å². The Kier molecular flexibility index (Phi) is 4.00. The van der Waals surface area contributed by atoms with Gasteiger partial charge in [0.2, 0.25) is 0 Å². The van der Waals surface area contributed by atoms with E-state index < -0.39 is 0 Å². The van der Waals surface area contributed by atoms with Crippen LogP contribution in [-0.4, -0.2) is 4.98 Å². The Bertz CT molecular complexity index is 308. The van der Waals surface area contributed by atoms with Crippen LogP contribution in [0.2, 0.25) is 0 Å². The van der Waals surface area contributed by atoms with Crippen LogP contribution in [0, 0.1) is 11.3 Å². The van der Waals surface area contributed by atoms with Gasteiger partial charge in [0.05, 0.1) is 5.69 Å². The summed E-state index contributed by atoms with van der Waals surface area (Å²) in [6.45, 7) is 0. The van der Waals surface area contributed by atoms with Crippen molar-refractivity contribution in [2.75, 3.05) is 11.5 Å². The van der Waals surface area contributed by atoms with Crippen molar-refractivity contribution in [3.63, 3.8) is 0 Å². The second-order valence-corrected chi connectivity index (χ2v) is 2.67. The molecule has 4 nitrogen and oxygen atoms in total. The van der Waals surface area contributed by atoms with E-state index >= 15 is 0 Å². The van der Waals surface area contributed by atoms with E-state index in [0.717, 1.165) is 0 Å². The molecule has 0 aliphatic carbocycles. The van der Waals surface area contributed by atoms with Gasteiger partial charge < -0.3 is 11.5 Å². The molecule has 0 spiro atoms. The molecule has 0 saturated heterocycles. The van der Waals surface area contributed by atoms with E-state index in [1.165, 1.54) is 6.07 Å². The molecule has 0 fully saturated rings. The molecule has 1 rings (SSSR count). The molecule has 0 atom stereocenters. The molecule has 0 bridgehead atoms. The molecular formula is C6H6Br2N4. The lowest BCUT2D eigenvalue weighted by Crippen LogP contribution is -1.98. The minimum Gasteiger partial charge on any atom is -0.397 e. The number of hydrogen-bond acceptors (Lipinski definition) is 4. The van der Waals surface area contributed by atoms with Crippen LogP contribution in [0.4, 0.5) is 11.5 Å². The fourth-order valence-electron chi connectivity index (χ4n) is 0.663. The standard InChI is InChI=1S/C6H5BrN4.BrH/c7-6-3(2-8)4(9)1-5(10)11-6;/h1H,(H4,9,10,11);1H. The maximum atomic E-state index is 8.55. The SMILES string of the molecule is Br.N#Cc1c(N)cc(N)nc1Br. The summed E-state index contributed by atoms with van der Waals surface area (Å²) in [4.78, 5) is 3.80. The molecule has 0 radical (unpaired) electrons. The summed E-state index contributed by atoms with van der Waals surface area (Å²) >= 11 is 3.06. The van der Waals surface area contributed by atoms with E-state index in [-0.39, 0.29) is 17.0 Å². The zero-order valence-electron chi connectivity index (χ0n) is 5.91. The van der Waals surface area contributed by atoms with E-state index in [9.17, 15) is 0 Å². The largest absolute Gasteiger partial charge is 0.397 e. The van der Waals surface area contributed by atoms with Crippen molar-refractivity contribution in [2.45, 2.75) is 0 Å². The average molecular weight is 294 g/mol. The Hall–Kier alpha value is -0.800. The first-order chi connectivity index (χ1) is 5.15. The quantitative estimate of drug-likeness (QED) is 0.709. The third-order valence-electron chi connectivity index (χ3n) is 1.14. The lowest BCUT2D eigenvalue weighted by molar-refractivity contribution is 1.26. The van der Waals surface area contributed by atoms with Crippen LogP contribution in [0.3, 0.4) is 0 Å². The molecule has 6 heteroatoms. The minimum atomic E-state index is 0. The Balaban J connectivity index is 0.00000121. The Morgan fingerprint density at radius 3 is 2.50 bits per heavy atom. The number of halogens is 2. The highest BCUT2D eigenvalue weighted by molar-refractivity contribution is 9.10. The van der Waals surface area contributed by atoms with Crippen LogP contribution < -0.4 is 11.5 Å². The maximum absolute atomic E-state index is 8.55. The third-order valence-corrected chi connectivity index (χ3v) is 1.71. The summed E-state index contributed by atoms with van der Waals surface area (Å²) < 4.78 is 0.387. The number of nitrogens with two attached hydrogens (primary N) is 2. The normalized spacial score (nSPS) is 8.33. The van der Waals surface area contributed by atoms with Crippen molar-refractivity contribution in [3.8, 4) is 6.07 Å². The van der Waals surface area contributed by atoms with Crippen LogP contribution in [0.15, 0.2) is 10.7 Å². The van der Waals surface area contributed by atoms with E-state index in [4.69, 9.17) is 16.7 Å². The Labute approximate surface area is 88.5 Å². The van der Waals surface area contributed by atoms with Gasteiger partial charge in [-0.3, -0.25) is 0 Å². The summed E-state index contributed by atoms with van der Waals surface area (Å²) in [5, 5.41) is 8.55. The Morgan fingerprint density at radius 1 is 1.50 bits per heavy atom. The summed E-state index contributed by atoms with van der Waals surface area (Å²) in [6.07, 6.45) is 0. The monoisotopic (exact) mass is 292 g/mol. The molecular weight excluding hydrogens is 288 g/mol. The molecule has 0 unspecified atom stereocenters. The number of rotatable bonds is 0. The number of pyridine rings is 1. The number of anilines is 2. The average Bonchev–Trinajstić information content (AvgIpc) is 1.85. The van der Waals surface area contributed by atoms with Crippen LogP contribution >= 0.6 is 32.9 Å². The Morgan fingerprint density at radius 2 is 2.08 bits per heavy atom. The molecule has 0 aliphatic heterocycles.